The van der Waals surface area contributed by atoms with Gasteiger partial charge >= 0.3 is 0 Å². The van der Waals surface area contributed by atoms with E-state index in [1.54, 1.807) is 7.11 Å². The van der Waals surface area contributed by atoms with Gasteiger partial charge in [-0.25, -0.2) is 0 Å². The van der Waals surface area contributed by atoms with Gasteiger partial charge in [0.1, 0.15) is 0 Å². The Hall–Kier alpha value is -1.06. The van der Waals surface area contributed by atoms with Crippen LogP contribution in [0.25, 0.3) is 0 Å². The minimum absolute atomic E-state index is 0.173. The molecule has 0 bridgehead atoms. The molecule has 0 amide bonds. The minimum Gasteiger partial charge on any atom is -0.382 e. The Morgan fingerprint density at radius 1 is 1.30 bits per heavy atom. The van der Waals surface area contributed by atoms with E-state index in [0.29, 0.717) is 12.6 Å². The third-order valence-electron chi connectivity index (χ3n) is 4.68. The van der Waals surface area contributed by atoms with Crippen molar-refractivity contribution < 1.29 is 9.47 Å². The van der Waals surface area contributed by atoms with Crippen molar-refractivity contribution in [1.29, 1.82) is 0 Å². The van der Waals surface area contributed by atoms with E-state index in [1.807, 2.05) is 0 Å². The van der Waals surface area contributed by atoms with Crippen molar-refractivity contribution in [2.45, 2.75) is 56.8 Å². The van der Waals surface area contributed by atoms with Gasteiger partial charge in [-0.1, -0.05) is 31.0 Å². The number of ether oxygens (including phenoxy) is 2. The Balaban J connectivity index is 1.68. The van der Waals surface area contributed by atoms with Gasteiger partial charge in [0.15, 0.2) is 0 Å². The van der Waals surface area contributed by atoms with E-state index in [-0.39, 0.29) is 5.60 Å². The first kappa shape index (κ1) is 13.9. The van der Waals surface area contributed by atoms with E-state index < -0.39 is 0 Å². The molecule has 1 saturated carbocycles. The SMILES string of the molecule is COCc1ccccc1NC1CCOC2(CCCC2)C1. The van der Waals surface area contributed by atoms with Gasteiger partial charge in [0.2, 0.25) is 0 Å². The van der Waals surface area contributed by atoms with Crippen LogP contribution in [-0.4, -0.2) is 25.4 Å². The number of methoxy groups -OCH3 is 1. The number of anilines is 1. The summed E-state index contributed by atoms with van der Waals surface area (Å²) in [7, 11) is 1.75. The Labute approximate surface area is 121 Å². The van der Waals surface area contributed by atoms with E-state index in [0.717, 1.165) is 19.4 Å². The van der Waals surface area contributed by atoms with Gasteiger partial charge in [0, 0.05) is 31.0 Å². The van der Waals surface area contributed by atoms with E-state index in [2.05, 4.69) is 29.6 Å². The van der Waals surface area contributed by atoms with Crippen LogP contribution in [0.1, 0.15) is 44.1 Å². The smallest absolute Gasteiger partial charge is 0.0733 e. The summed E-state index contributed by atoms with van der Waals surface area (Å²) in [6, 6.07) is 8.98. The van der Waals surface area contributed by atoms with Crippen LogP contribution < -0.4 is 5.32 Å². The van der Waals surface area contributed by atoms with Crippen molar-refractivity contribution in [3.8, 4) is 0 Å². The van der Waals surface area contributed by atoms with Crippen molar-refractivity contribution in [3.63, 3.8) is 0 Å². The largest absolute Gasteiger partial charge is 0.382 e. The Kier molecular flexibility index (Phi) is 4.27. The normalized spacial score (nSPS) is 24.9. The standard InChI is InChI=1S/C17H25NO2/c1-19-13-14-6-2-3-7-16(14)18-15-8-11-20-17(12-15)9-4-5-10-17/h2-3,6-7,15,18H,4-5,8-13H2,1H3. The number of para-hydroxylation sites is 1. The molecule has 3 nitrogen and oxygen atoms in total. The first-order valence-corrected chi connectivity index (χ1v) is 7.79. The quantitative estimate of drug-likeness (QED) is 0.908. The molecule has 1 spiro atoms. The van der Waals surface area contributed by atoms with Crippen LogP contribution in [0.15, 0.2) is 24.3 Å². The van der Waals surface area contributed by atoms with Crippen LogP contribution in [0.3, 0.4) is 0 Å². The average Bonchev–Trinajstić information content (AvgIpc) is 2.89. The lowest BCUT2D eigenvalue weighted by Gasteiger charge is -2.39. The van der Waals surface area contributed by atoms with Crippen molar-refractivity contribution in [2.75, 3.05) is 19.0 Å². The van der Waals surface area contributed by atoms with Gasteiger partial charge in [-0.3, -0.25) is 0 Å². The molecular weight excluding hydrogens is 250 g/mol. The highest BCUT2D eigenvalue weighted by atomic mass is 16.5. The topological polar surface area (TPSA) is 30.5 Å². The molecule has 3 rings (SSSR count). The van der Waals surface area contributed by atoms with Gasteiger partial charge in [0.25, 0.3) is 0 Å². The fourth-order valence-electron chi connectivity index (χ4n) is 3.68. The van der Waals surface area contributed by atoms with Crippen molar-refractivity contribution in [2.24, 2.45) is 0 Å². The van der Waals surface area contributed by atoms with Gasteiger partial charge in [-0.15, -0.1) is 0 Å². The molecule has 1 aliphatic heterocycles. The van der Waals surface area contributed by atoms with Gasteiger partial charge in [-0.05, 0) is 31.7 Å². The zero-order valence-corrected chi connectivity index (χ0v) is 12.4. The molecule has 1 saturated heterocycles. The zero-order chi connectivity index (χ0) is 13.8. The highest BCUT2D eigenvalue weighted by Gasteiger charge is 2.39. The Morgan fingerprint density at radius 3 is 2.90 bits per heavy atom. The predicted octanol–water partition coefficient (Wildman–Crippen LogP) is 3.74. The summed E-state index contributed by atoms with van der Waals surface area (Å²) in [6.07, 6.45) is 7.38. The molecule has 20 heavy (non-hydrogen) atoms. The van der Waals surface area contributed by atoms with E-state index in [1.165, 1.54) is 36.9 Å². The maximum atomic E-state index is 6.11. The van der Waals surface area contributed by atoms with E-state index >= 15 is 0 Å². The second kappa shape index (κ2) is 6.15. The molecule has 0 aromatic heterocycles. The molecule has 3 heteroatoms. The molecule has 2 aliphatic rings. The van der Waals surface area contributed by atoms with E-state index in [4.69, 9.17) is 9.47 Å². The maximum absolute atomic E-state index is 6.11. The fourth-order valence-corrected chi connectivity index (χ4v) is 3.68. The van der Waals surface area contributed by atoms with Gasteiger partial charge in [-0.2, -0.15) is 0 Å². The lowest BCUT2D eigenvalue weighted by Crippen LogP contribution is -2.42. The zero-order valence-electron chi connectivity index (χ0n) is 12.4. The molecule has 1 aromatic rings. The summed E-state index contributed by atoms with van der Waals surface area (Å²) >= 11 is 0. The summed E-state index contributed by atoms with van der Waals surface area (Å²) in [5.41, 5.74) is 2.63. The van der Waals surface area contributed by atoms with Gasteiger partial charge in [0.05, 0.1) is 12.2 Å². The van der Waals surface area contributed by atoms with Crippen LogP contribution in [0.2, 0.25) is 0 Å². The molecule has 2 fully saturated rings. The summed E-state index contributed by atoms with van der Waals surface area (Å²) < 4.78 is 11.4. The summed E-state index contributed by atoms with van der Waals surface area (Å²) in [6.45, 7) is 1.56. The fraction of sp³-hybridized carbons (Fsp3) is 0.647. The Bertz CT molecular complexity index is 440. The maximum Gasteiger partial charge on any atom is 0.0733 e. The first-order valence-electron chi connectivity index (χ1n) is 7.79. The second-order valence-electron chi connectivity index (χ2n) is 6.16. The Morgan fingerprint density at radius 2 is 2.10 bits per heavy atom. The molecule has 1 aromatic carbocycles. The number of nitrogens with one attached hydrogen (secondary N) is 1. The van der Waals surface area contributed by atoms with Crippen molar-refractivity contribution in [3.05, 3.63) is 29.8 Å². The minimum atomic E-state index is 0.173. The summed E-state index contributed by atoms with van der Waals surface area (Å²) in [5.74, 6) is 0. The van der Waals surface area contributed by atoms with E-state index in [9.17, 15) is 0 Å². The van der Waals surface area contributed by atoms with Crippen LogP contribution in [0.5, 0.6) is 0 Å². The lowest BCUT2D eigenvalue weighted by atomic mass is 9.88. The molecular formula is C17H25NO2. The number of benzene rings is 1. The van der Waals surface area contributed by atoms with Crippen molar-refractivity contribution in [1.82, 2.24) is 0 Å². The molecule has 1 aliphatic carbocycles. The third kappa shape index (κ3) is 2.99. The molecule has 1 N–H and O–H groups in total. The summed E-state index contributed by atoms with van der Waals surface area (Å²) in [5, 5.41) is 3.73. The van der Waals surface area contributed by atoms with Crippen LogP contribution in [0.4, 0.5) is 5.69 Å². The average molecular weight is 275 g/mol. The molecule has 1 heterocycles. The second-order valence-corrected chi connectivity index (χ2v) is 6.16. The van der Waals surface area contributed by atoms with Crippen LogP contribution in [0, 0.1) is 0 Å². The van der Waals surface area contributed by atoms with Crippen molar-refractivity contribution >= 4 is 5.69 Å². The monoisotopic (exact) mass is 275 g/mol. The van der Waals surface area contributed by atoms with Crippen LogP contribution in [-0.2, 0) is 16.1 Å². The molecule has 0 radical (unpaired) electrons. The molecule has 110 valence electrons. The summed E-state index contributed by atoms with van der Waals surface area (Å²) in [4.78, 5) is 0. The number of hydrogen-bond donors (Lipinski definition) is 1. The third-order valence-corrected chi connectivity index (χ3v) is 4.68. The highest BCUT2D eigenvalue weighted by Crippen LogP contribution is 2.40. The van der Waals surface area contributed by atoms with Crippen LogP contribution >= 0.6 is 0 Å². The number of hydrogen-bond acceptors (Lipinski definition) is 3. The first-order chi connectivity index (χ1) is 9.81. The predicted molar refractivity (Wildman–Crippen MR) is 81.0 cm³/mol. The lowest BCUT2D eigenvalue weighted by molar-refractivity contribution is -0.0767. The molecule has 1 unspecified atom stereocenters. The van der Waals surface area contributed by atoms with Gasteiger partial charge < -0.3 is 14.8 Å². The molecule has 1 atom stereocenters. The number of rotatable bonds is 4. The highest BCUT2D eigenvalue weighted by molar-refractivity contribution is 5.51.